The number of aliphatic hydroxyl groups is 5. The fraction of sp³-hybridized carbons (Fsp3) is 1.00. The minimum absolute atomic E-state index is 0.0634. The molecular weight excluding hydrogens is 344 g/mol. The SMILES string of the molecule is OC1CCC(CC(O)C2CC(O)CC(C(O)CC3CCC(O)CC3)C2)CC1. The van der Waals surface area contributed by atoms with E-state index in [1.807, 2.05) is 0 Å². The minimum Gasteiger partial charge on any atom is -0.393 e. The van der Waals surface area contributed by atoms with Gasteiger partial charge in [-0.25, -0.2) is 0 Å². The van der Waals surface area contributed by atoms with E-state index >= 15 is 0 Å². The first kappa shape index (κ1) is 21.5. The van der Waals surface area contributed by atoms with Crippen LogP contribution in [0.25, 0.3) is 0 Å². The van der Waals surface area contributed by atoms with E-state index in [1.54, 1.807) is 0 Å². The fourth-order valence-electron chi connectivity index (χ4n) is 5.83. The molecule has 5 heteroatoms. The van der Waals surface area contributed by atoms with Crippen molar-refractivity contribution in [3.8, 4) is 0 Å². The Morgan fingerprint density at radius 2 is 0.889 bits per heavy atom. The molecule has 3 saturated carbocycles. The zero-order valence-corrected chi connectivity index (χ0v) is 16.6. The Bertz CT molecular complexity index is 390. The average molecular weight is 385 g/mol. The van der Waals surface area contributed by atoms with Crippen LogP contribution in [-0.2, 0) is 0 Å². The van der Waals surface area contributed by atoms with Crippen LogP contribution in [0.1, 0.15) is 83.5 Å². The molecular formula is C22H40O5. The van der Waals surface area contributed by atoms with E-state index in [0.29, 0.717) is 24.7 Å². The Balaban J connectivity index is 1.47. The predicted molar refractivity (Wildman–Crippen MR) is 104 cm³/mol. The van der Waals surface area contributed by atoms with Gasteiger partial charge in [0.25, 0.3) is 0 Å². The van der Waals surface area contributed by atoms with Crippen LogP contribution in [0.15, 0.2) is 0 Å². The van der Waals surface area contributed by atoms with Gasteiger partial charge in [-0.2, -0.15) is 0 Å². The average Bonchev–Trinajstić information content (AvgIpc) is 2.65. The summed E-state index contributed by atoms with van der Waals surface area (Å²) in [5, 5.41) is 51.2. The van der Waals surface area contributed by atoms with Gasteiger partial charge in [-0.05, 0) is 107 Å². The number of aliphatic hydroxyl groups excluding tert-OH is 5. The van der Waals surface area contributed by atoms with Crippen LogP contribution in [0.5, 0.6) is 0 Å². The fourth-order valence-corrected chi connectivity index (χ4v) is 5.83. The lowest BCUT2D eigenvalue weighted by molar-refractivity contribution is -0.0435. The molecule has 3 aliphatic carbocycles. The van der Waals surface area contributed by atoms with Crippen LogP contribution < -0.4 is 0 Å². The maximum Gasteiger partial charge on any atom is 0.0572 e. The van der Waals surface area contributed by atoms with Crippen LogP contribution in [0.3, 0.4) is 0 Å². The Hall–Kier alpha value is -0.200. The summed E-state index contributed by atoms with van der Waals surface area (Å²) in [5.74, 6) is 1.07. The standard InChI is InChI=1S/C22H40O5/c23-18-5-1-14(2-6-18)9-21(26)16-11-17(13-20(25)12-16)22(27)10-15-3-7-19(24)8-4-15/h14-27H,1-13H2. The second-order valence-electron chi connectivity index (χ2n) is 9.84. The summed E-state index contributed by atoms with van der Waals surface area (Å²) >= 11 is 0. The van der Waals surface area contributed by atoms with Crippen molar-refractivity contribution in [2.45, 2.75) is 114 Å². The third-order valence-electron chi connectivity index (χ3n) is 7.63. The molecule has 0 aromatic heterocycles. The molecule has 3 fully saturated rings. The van der Waals surface area contributed by atoms with Crippen molar-refractivity contribution in [3.63, 3.8) is 0 Å². The summed E-state index contributed by atoms with van der Waals surface area (Å²) in [4.78, 5) is 0. The normalized spacial score (nSPS) is 43.2. The number of hydrogen-bond acceptors (Lipinski definition) is 5. The van der Waals surface area contributed by atoms with E-state index in [-0.39, 0.29) is 24.0 Å². The molecule has 0 aliphatic heterocycles. The highest BCUT2D eigenvalue weighted by molar-refractivity contribution is 4.88. The Morgan fingerprint density at radius 1 is 0.519 bits per heavy atom. The van der Waals surface area contributed by atoms with Crippen LogP contribution >= 0.6 is 0 Å². The lowest BCUT2D eigenvalue weighted by Crippen LogP contribution is -2.39. The molecule has 27 heavy (non-hydrogen) atoms. The first-order valence-electron chi connectivity index (χ1n) is 11.3. The third-order valence-corrected chi connectivity index (χ3v) is 7.63. The predicted octanol–water partition coefficient (Wildman–Crippen LogP) is 2.37. The van der Waals surface area contributed by atoms with Gasteiger partial charge < -0.3 is 25.5 Å². The van der Waals surface area contributed by atoms with Crippen molar-refractivity contribution in [1.82, 2.24) is 0 Å². The second kappa shape index (κ2) is 10.0. The summed E-state index contributed by atoms with van der Waals surface area (Å²) in [5.41, 5.74) is 0. The molecule has 0 bridgehead atoms. The first-order valence-corrected chi connectivity index (χ1v) is 11.3. The second-order valence-corrected chi connectivity index (χ2v) is 9.84. The van der Waals surface area contributed by atoms with Crippen molar-refractivity contribution in [2.24, 2.45) is 23.7 Å². The van der Waals surface area contributed by atoms with Crippen molar-refractivity contribution in [1.29, 1.82) is 0 Å². The molecule has 0 aromatic carbocycles. The number of rotatable bonds is 6. The van der Waals surface area contributed by atoms with Crippen LogP contribution in [-0.4, -0.2) is 56.1 Å². The van der Waals surface area contributed by atoms with Gasteiger partial charge in [0.15, 0.2) is 0 Å². The van der Waals surface area contributed by atoms with Gasteiger partial charge >= 0.3 is 0 Å². The van der Waals surface area contributed by atoms with Crippen LogP contribution in [0, 0.1) is 23.7 Å². The molecule has 5 N–H and O–H groups in total. The summed E-state index contributed by atoms with van der Waals surface area (Å²) in [6, 6.07) is 0. The largest absolute Gasteiger partial charge is 0.393 e. The van der Waals surface area contributed by atoms with Gasteiger partial charge in [0, 0.05) is 0 Å². The smallest absolute Gasteiger partial charge is 0.0572 e. The third kappa shape index (κ3) is 6.40. The van der Waals surface area contributed by atoms with Gasteiger partial charge in [-0.3, -0.25) is 0 Å². The molecule has 4 unspecified atom stereocenters. The van der Waals surface area contributed by atoms with Crippen molar-refractivity contribution in [3.05, 3.63) is 0 Å². The van der Waals surface area contributed by atoms with Crippen LogP contribution in [0.2, 0.25) is 0 Å². The highest BCUT2D eigenvalue weighted by Crippen LogP contribution is 2.39. The van der Waals surface area contributed by atoms with Crippen molar-refractivity contribution in [2.75, 3.05) is 0 Å². The lowest BCUT2D eigenvalue weighted by Gasteiger charge is -2.39. The van der Waals surface area contributed by atoms with Gasteiger partial charge in [-0.15, -0.1) is 0 Å². The minimum atomic E-state index is -0.431. The van der Waals surface area contributed by atoms with Gasteiger partial charge in [0.05, 0.1) is 30.5 Å². The summed E-state index contributed by atoms with van der Waals surface area (Å²) in [7, 11) is 0. The highest BCUT2D eigenvalue weighted by Gasteiger charge is 2.37. The topological polar surface area (TPSA) is 101 Å². The van der Waals surface area contributed by atoms with Crippen molar-refractivity contribution < 1.29 is 25.5 Å². The molecule has 158 valence electrons. The quantitative estimate of drug-likeness (QED) is 0.484. The van der Waals surface area contributed by atoms with E-state index < -0.39 is 18.3 Å². The first-order chi connectivity index (χ1) is 12.9. The lowest BCUT2D eigenvalue weighted by atomic mass is 9.71. The molecule has 0 spiro atoms. The van der Waals surface area contributed by atoms with Gasteiger partial charge in [0.1, 0.15) is 0 Å². The molecule has 0 heterocycles. The summed E-state index contributed by atoms with van der Waals surface area (Å²) in [6.07, 6.45) is 9.23. The Kier molecular flexibility index (Phi) is 7.98. The van der Waals surface area contributed by atoms with E-state index in [0.717, 1.165) is 70.6 Å². The summed E-state index contributed by atoms with van der Waals surface area (Å²) in [6.45, 7) is 0. The Labute approximate surface area is 163 Å². The molecule has 0 aromatic rings. The monoisotopic (exact) mass is 384 g/mol. The Morgan fingerprint density at radius 3 is 1.26 bits per heavy atom. The molecule has 3 aliphatic rings. The maximum absolute atomic E-state index is 10.8. The van der Waals surface area contributed by atoms with E-state index in [2.05, 4.69) is 0 Å². The maximum atomic E-state index is 10.8. The van der Waals surface area contributed by atoms with Gasteiger partial charge in [-0.1, -0.05) is 0 Å². The molecule has 0 radical (unpaired) electrons. The zero-order chi connectivity index (χ0) is 19.4. The molecule has 0 saturated heterocycles. The van der Waals surface area contributed by atoms with Crippen molar-refractivity contribution >= 4 is 0 Å². The molecule has 4 atom stereocenters. The zero-order valence-electron chi connectivity index (χ0n) is 16.6. The molecule has 5 nitrogen and oxygen atoms in total. The molecule has 3 rings (SSSR count). The highest BCUT2D eigenvalue weighted by atomic mass is 16.3. The van der Waals surface area contributed by atoms with Gasteiger partial charge in [0.2, 0.25) is 0 Å². The van der Waals surface area contributed by atoms with E-state index in [4.69, 9.17) is 0 Å². The number of hydrogen-bond donors (Lipinski definition) is 5. The van der Waals surface area contributed by atoms with E-state index in [9.17, 15) is 25.5 Å². The van der Waals surface area contributed by atoms with Crippen LogP contribution in [0.4, 0.5) is 0 Å². The summed E-state index contributed by atoms with van der Waals surface area (Å²) < 4.78 is 0. The molecule has 0 amide bonds. The van der Waals surface area contributed by atoms with E-state index in [1.165, 1.54) is 0 Å².